The van der Waals surface area contributed by atoms with Gasteiger partial charge in [-0.1, -0.05) is 19.9 Å². The standard InChI is InChI=1S/C15H22N4OS/c1-3-12(4-2)19(8-9-20)15-13(14(16)18-21-15)11-6-5-7-17-10-11/h5-7,10,12,20H,3-4,8-9H2,1-2H3,(H2,16,18). The molecule has 2 aromatic heterocycles. The number of anilines is 2. The predicted molar refractivity (Wildman–Crippen MR) is 88.6 cm³/mol. The zero-order chi connectivity index (χ0) is 15.2. The van der Waals surface area contributed by atoms with Crippen molar-refractivity contribution in [3.63, 3.8) is 0 Å². The van der Waals surface area contributed by atoms with Gasteiger partial charge in [0.25, 0.3) is 0 Å². The molecular weight excluding hydrogens is 284 g/mol. The molecule has 0 amide bonds. The lowest BCUT2D eigenvalue weighted by atomic mass is 10.1. The summed E-state index contributed by atoms with van der Waals surface area (Å²) in [5, 5.41) is 10.4. The van der Waals surface area contributed by atoms with Gasteiger partial charge in [-0.25, -0.2) is 0 Å². The first-order valence-electron chi connectivity index (χ1n) is 7.25. The zero-order valence-corrected chi connectivity index (χ0v) is 13.3. The van der Waals surface area contributed by atoms with E-state index >= 15 is 0 Å². The Balaban J connectivity index is 2.47. The van der Waals surface area contributed by atoms with Crippen LogP contribution >= 0.6 is 11.5 Å². The fraction of sp³-hybridized carbons (Fsp3) is 0.467. The molecule has 0 saturated carbocycles. The van der Waals surface area contributed by atoms with Crippen LogP contribution in [0.2, 0.25) is 0 Å². The van der Waals surface area contributed by atoms with Crippen LogP contribution in [0.3, 0.4) is 0 Å². The maximum absolute atomic E-state index is 9.41. The molecule has 0 atom stereocenters. The molecule has 0 bridgehead atoms. The number of rotatable bonds is 7. The predicted octanol–water partition coefficient (Wildman–Crippen LogP) is 2.77. The van der Waals surface area contributed by atoms with E-state index in [0.717, 1.165) is 29.0 Å². The lowest BCUT2D eigenvalue weighted by molar-refractivity contribution is 0.296. The summed E-state index contributed by atoms with van der Waals surface area (Å²) in [7, 11) is 0. The minimum Gasteiger partial charge on any atom is -0.395 e. The van der Waals surface area contributed by atoms with Crippen molar-refractivity contribution in [3.8, 4) is 11.1 Å². The summed E-state index contributed by atoms with van der Waals surface area (Å²) >= 11 is 1.39. The van der Waals surface area contributed by atoms with Gasteiger partial charge in [0.15, 0.2) is 0 Å². The van der Waals surface area contributed by atoms with Gasteiger partial charge >= 0.3 is 0 Å². The fourth-order valence-electron chi connectivity index (χ4n) is 2.56. The second kappa shape index (κ2) is 7.38. The first-order valence-corrected chi connectivity index (χ1v) is 8.03. The number of pyridine rings is 1. The van der Waals surface area contributed by atoms with E-state index < -0.39 is 0 Å². The van der Waals surface area contributed by atoms with Gasteiger partial charge in [0.1, 0.15) is 10.8 Å². The van der Waals surface area contributed by atoms with Crippen LogP contribution in [-0.2, 0) is 0 Å². The summed E-state index contributed by atoms with van der Waals surface area (Å²) in [4.78, 5) is 6.39. The summed E-state index contributed by atoms with van der Waals surface area (Å²) < 4.78 is 4.32. The monoisotopic (exact) mass is 306 g/mol. The summed E-state index contributed by atoms with van der Waals surface area (Å²) in [5.74, 6) is 0.525. The molecule has 0 radical (unpaired) electrons. The average Bonchev–Trinajstić information content (AvgIpc) is 2.90. The molecule has 0 aliphatic rings. The van der Waals surface area contributed by atoms with E-state index in [1.807, 2.05) is 12.1 Å². The topological polar surface area (TPSA) is 75.3 Å². The highest BCUT2D eigenvalue weighted by molar-refractivity contribution is 7.11. The van der Waals surface area contributed by atoms with Gasteiger partial charge in [0.05, 0.1) is 12.2 Å². The minimum atomic E-state index is 0.112. The smallest absolute Gasteiger partial charge is 0.147 e. The van der Waals surface area contributed by atoms with Crippen LogP contribution in [0.15, 0.2) is 24.5 Å². The lowest BCUT2D eigenvalue weighted by Gasteiger charge is -2.31. The van der Waals surface area contributed by atoms with E-state index in [1.165, 1.54) is 11.5 Å². The minimum absolute atomic E-state index is 0.112. The summed E-state index contributed by atoms with van der Waals surface area (Å²) in [6, 6.07) is 4.25. The van der Waals surface area contributed by atoms with Crippen molar-refractivity contribution in [2.45, 2.75) is 32.7 Å². The summed E-state index contributed by atoms with van der Waals surface area (Å²) in [6.07, 6.45) is 5.57. The Hall–Kier alpha value is -1.66. The average molecular weight is 306 g/mol. The van der Waals surface area contributed by atoms with Crippen molar-refractivity contribution in [1.29, 1.82) is 0 Å². The third-order valence-corrected chi connectivity index (χ3v) is 4.54. The van der Waals surface area contributed by atoms with Crippen LogP contribution in [0.5, 0.6) is 0 Å². The molecule has 0 aliphatic heterocycles. The zero-order valence-electron chi connectivity index (χ0n) is 12.5. The number of aliphatic hydroxyl groups is 1. The number of nitrogens with two attached hydrogens (primary N) is 1. The molecular formula is C15H22N4OS. The van der Waals surface area contributed by atoms with Crippen LogP contribution < -0.4 is 10.6 Å². The van der Waals surface area contributed by atoms with Crippen molar-refractivity contribution < 1.29 is 5.11 Å². The van der Waals surface area contributed by atoms with Crippen LogP contribution in [0.25, 0.3) is 11.1 Å². The highest BCUT2D eigenvalue weighted by atomic mass is 32.1. The SMILES string of the molecule is CCC(CC)N(CCO)c1snc(N)c1-c1cccnc1. The largest absolute Gasteiger partial charge is 0.395 e. The highest BCUT2D eigenvalue weighted by Gasteiger charge is 2.23. The van der Waals surface area contributed by atoms with Gasteiger partial charge in [0.2, 0.25) is 0 Å². The maximum Gasteiger partial charge on any atom is 0.147 e. The number of nitrogen functional groups attached to an aromatic ring is 1. The Morgan fingerprint density at radius 2 is 2.14 bits per heavy atom. The number of hydrogen-bond donors (Lipinski definition) is 2. The molecule has 3 N–H and O–H groups in total. The fourth-order valence-corrected chi connectivity index (χ4v) is 3.49. The molecule has 2 aromatic rings. The molecule has 0 fully saturated rings. The molecule has 6 heteroatoms. The van der Waals surface area contributed by atoms with E-state index in [-0.39, 0.29) is 6.61 Å². The van der Waals surface area contributed by atoms with Gasteiger partial charge in [-0.2, -0.15) is 4.37 Å². The molecule has 0 saturated heterocycles. The van der Waals surface area contributed by atoms with Gasteiger partial charge in [0, 0.05) is 30.5 Å². The van der Waals surface area contributed by atoms with E-state index in [0.29, 0.717) is 18.4 Å². The van der Waals surface area contributed by atoms with E-state index in [1.54, 1.807) is 12.4 Å². The molecule has 114 valence electrons. The lowest BCUT2D eigenvalue weighted by Crippen LogP contribution is -2.36. The molecule has 2 heterocycles. The van der Waals surface area contributed by atoms with Crippen molar-refractivity contribution in [1.82, 2.24) is 9.36 Å². The third-order valence-electron chi connectivity index (χ3n) is 3.64. The molecule has 0 aliphatic carbocycles. The molecule has 5 nitrogen and oxygen atoms in total. The quantitative estimate of drug-likeness (QED) is 0.822. The second-order valence-electron chi connectivity index (χ2n) is 4.88. The molecule has 0 unspecified atom stereocenters. The number of aliphatic hydroxyl groups excluding tert-OH is 1. The Bertz CT molecular complexity index is 554. The van der Waals surface area contributed by atoms with E-state index in [4.69, 9.17) is 5.73 Å². The number of hydrogen-bond acceptors (Lipinski definition) is 6. The van der Waals surface area contributed by atoms with Crippen molar-refractivity contribution in [2.75, 3.05) is 23.8 Å². The first-order chi connectivity index (χ1) is 10.2. The molecule has 2 rings (SSSR count). The second-order valence-corrected chi connectivity index (χ2v) is 5.63. The maximum atomic E-state index is 9.41. The van der Waals surface area contributed by atoms with Gasteiger partial charge in [-0.15, -0.1) is 0 Å². The van der Waals surface area contributed by atoms with Crippen LogP contribution in [0.4, 0.5) is 10.8 Å². The normalized spacial score (nSPS) is 11.0. The number of nitrogens with zero attached hydrogens (tertiary/aromatic N) is 3. The van der Waals surface area contributed by atoms with Crippen LogP contribution in [-0.4, -0.2) is 33.7 Å². The Morgan fingerprint density at radius 1 is 1.38 bits per heavy atom. The first kappa shape index (κ1) is 15.7. The van der Waals surface area contributed by atoms with Crippen molar-refractivity contribution >= 4 is 22.4 Å². The van der Waals surface area contributed by atoms with Gasteiger partial charge < -0.3 is 15.7 Å². The summed E-state index contributed by atoms with van der Waals surface area (Å²) in [5.41, 5.74) is 7.96. The molecule has 21 heavy (non-hydrogen) atoms. The third kappa shape index (κ3) is 3.33. The van der Waals surface area contributed by atoms with Crippen LogP contribution in [0.1, 0.15) is 26.7 Å². The van der Waals surface area contributed by atoms with Crippen molar-refractivity contribution in [2.24, 2.45) is 0 Å². The highest BCUT2D eigenvalue weighted by Crippen LogP contribution is 2.40. The van der Waals surface area contributed by atoms with Crippen molar-refractivity contribution in [3.05, 3.63) is 24.5 Å². The number of aromatic nitrogens is 2. The van der Waals surface area contributed by atoms with Crippen LogP contribution in [0, 0.1) is 0 Å². The van der Waals surface area contributed by atoms with Gasteiger partial charge in [-0.3, -0.25) is 4.98 Å². The van der Waals surface area contributed by atoms with Gasteiger partial charge in [-0.05, 0) is 30.4 Å². The molecule has 0 spiro atoms. The molecule has 0 aromatic carbocycles. The van der Waals surface area contributed by atoms with E-state index in [9.17, 15) is 5.11 Å². The van der Waals surface area contributed by atoms with E-state index in [2.05, 4.69) is 28.1 Å². The Morgan fingerprint density at radius 3 is 2.71 bits per heavy atom. The Kier molecular flexibility index (Phi) is 5.52. The summed E-state index contributed by atoms with van der Waals surface area (Å²) in [6.45, 7) is 5.02. The Labute approximate surface area is 129 Å².